The van der Waals surface area contributed by atoms with Gasteiger partial charge < -0.3 is 4.74 Å². The monoisotopic (exact) mass is 259 g/mol. The molecule has 1 aromatic carbocycles. The van der Waals surface area contributed by atoms with E-state index in [1.165, 1.54) is 11.8 Å². The van der Waals surface area contributed by atoms with Crippen molar-refractivity contribution in [2.75, 3.05) is 7.11 Å². The van der Waals surface area contributed by atoms with Gasteiger partial charge in [0.1, 0.15) is 5.75 Å². The zero-order valence-corrected chi connectivity index (χ0v) is 11.0. The molecule has 0 aliphatic heterocycles. The van der Waals surface area contributed by atoms with Crippen molar-refractivity contribution >= 4 is 11.8 Å². The summed E-state index contributed by atoms with van der Waals surface area (Å²) in [5.74, 6) is 0.818. The van der Waals surface area contributed by atoms with E-state index in [4.69, 9.17) is 10.00 Å². The molecule has 0 N–H and O–H groups in total. The second-order valence-electron chi connectivity index (χ2n) is 3.67. The summed E-state index contributed by atoms with van der Waals surface area (Å²) < 4.78 is 7.08. The van der Waals surface area contributed by atoms with Gasteiger partial charge in [0, 0.05) is 18.1 Å². The van der Waals surface area contributed by atoms with Gasteiger partial charge in [0.05, 0.1) is 18.4 Å². The van der Waals surface area contributed by atoms with Gasteiger partial charge in [0.25, 0.3) is 0 Å². The van der Waals surface area contributed by atoms with Gasteiger partial charge in [-0.25, -0.2) is 4.98 Å². The number of thioether (sulfide) groups is 1. The molecule has 0 aliphatic rings. The quantitative estimate of drug-likeness (QED) is 0.792. The first-order valence-corrected chi connectivity index (χ1v) is 6.36. The van der Waals surface area contributed by atoms with Crippen LogP contribution in [0.15, 0.2) is 41.8 Å². The van der Waals surface area contributed by atoms with Crippen LogP contribution in [0.5, 0.6) is 5.75 Å². The molecule has 1 heterocycles. The number of aromatic nitrogens is 2. The maximum Gasteiger partial charge on any atom is 0.173 e. The topological polar surface area (TPSA) is 50.8 Å². The van der Waals surface area contributed by atoms with Crippen LogP contribution in [0.4, 0.5) is 0 Å². The van der Waals surface area contributed by atoms with E-state index in [1.807, 2.05) is 42.0 Å². The van der Waals surface area contributed by atoms with Gasteiger partial charge in [-0.05, 0) is 31.2 Å². The lowest BCUT2D eigenvalue weighted by Crippen LogP contribution is -1.98. The maximum atomic E-state index is 8.84. The molecule has 0 bridgehead atoms. The molecule has 92 valence electrons. The number of hydrogen-bond acceptors (Lipinski definition) is 4. The average molecular weight is 259 g/mol. The molecule has 5 heteroatoms. The zero-order valence-electron chi connectivity index (χ0n) is 10.2. The molecule has 2 aromatic rings. The lowest BCUT2D eigenvalue weighted by molar-refractivity contribution is 0.414. The van der Waals surface area contributed by atoms with E-state index in [0.29, 0.717) is 0 Å². The smallest absolute Gasteiger partial charge is 0.173 e. The predicted octanol–water partition coefficient (Wildman–Crippen LogP) is 2.89. The molecule has 0 fully saturated rings. The van der Waals surface area contributed by atoms with Crippen LogP contribution in [0.3, 0.4) is 0 Å². The molecule has 0 saturated heterocycles. The molecule has 0 spiro atoms. The highest BCUT2D eigenvalue weighted by Gasteiger charge is 2.09. The summed E-state index contributed by atoms with van der Waals surface area (Å²) in [6, 6.07) is 9.91. The highest BCUT2D eigenvalue weighted by molar-refractivity contribution is 8.00. The summed E-state index contributed by atoms with van der Waals surface area (Å²) in [6.07, 6.45) is 3.62. The first-order valence-electron chi connectivity index (χ1n) is 5.48. The normalized spacial score (nSPS) is 11.8. The lowest BCUT2D eigenvalue weighted by Gasteiger charge is -2.08. The molecule has 0 unspecified atom stereocenters. The number of hydrogen-bond donors (Lipinski definition) is 0. The molecule has 2 rings (SSSR count). The number of methoxy groups -OCH3 is 1. The Morgan fingerprint density at radius 2 is 2.11 bits per heavy atom. The summed E-state index contributed by atoms with van der Waals surface area (Å²) in [4.78, 5) is 4.27. The van der Waals surface area contributed by atoms with Crippen molar-refractivity contribution in [3.63, 3.8) is 0 Å². The van der Waals surface area contributed by atoms with Crippen molar-refractivity contribution in [1.82, 2.24) is 9.55 Å². The molecule has 0 amide bonds. The molecule has 18 heavy (non-hydrogen) atoms. The Kier molecular flexibility index (Phi) is 3.90. The molecule has 4 nitrogen and oxygen atoms in total. The van der Waals surface area contributed by atoms with Crippen molar-refractivity contribution in [3.8, 4) is 17.5 Å². The summed E-state index contributed by atoms with van der Waals surface area (Å²) in [6.45, 7) is 1.86. The number of nitrogens with zero attached hydrogens (tertiary/aromatic N) is 3. The summed E-state index contributed by atoms with van der Waals surface area (Å²) in [5.41, 5.74) is 1.00. The van der Waals surface area contributed by atoms with Crippen molar-refractivity contribution in [3.05, 3.63) is 36.7 Å². The second kappa shape index (κ2) is 5.61. The molecule has 0 radical (unpaired) electrons. The minimum absolute atomic E-state index is 0.121. The third kappa shape index (κ3) is 2.66. The molecule has 0 saturated carbocycles. The first kappa shape index (κ1) is 12.5. The fourth-order valence-corrected chi connectivity index (χ4v) is 2.27. The highest BCUT2D eigenvalue weighted by atomic mass is 32.2. The fraction of sp³-hybridized carbons (Fsp3) is 0.231. The van der Waals surface area contributed by atoms with Crippen LogP contribution in [0.2, 0.25) is 0 Å². The van der Waals surface area contributed by atoms with Crippen molar-refractivity contribution in [2.24, 2.45) is 0 Å². The molecule has 1 atom stereocenters. The molecular formula is C13H13N3OS. The van der Waals surface area contributed by atoms with E-state index in [9.17, 15) is 0 Å². The van der Waals surface area contributed by atoms with E-state index in [-0.39, 0.29) is 5.25 Å². The Labute approximate surface area is 110 Å². The number of benzene rings is 1. The van der Waals surface area contributed by atoms with Gasteiger partial charge in [-0.15, -0.1) is 0 Å². The highest BCUT2D eigenvalue weighted by Crippen LogP contribution is 2.24. The van der Waals surface area contributed by atoms with Crippen LogP contribution >= 0.6 is 11.8 Å². The average Bonchev–Trinajstić information content (AvgIpc) is 2.86. The Balaban J connectivity index is 2.27. The van der Waals surface area contributed by atoms with E-state index in [2.05, 4.69) is 11.1 Å². The Hall–Kier alpha value is -1.93. The minimum atomic E-state index is -0.121. The zero-order chi connectivity index (χ0) is 13.0. The SMILES string of the molecule is COc1ccc(-n2ccnc2S[C@H](C)C#N)cc1. The van der Waals surface area contributed by atoms with Gasteiger partial charge in [0.2, 0.25) is 0 Å². The van der Waals surface area contributed by atoms with Crippen LogP contribution in [-0.4, -0.2) is 21.9 Å². The fourth-order valence-electron chi connectivity index (χ4n) is 1.50. The van der Waals surface area contributed by atoms with E-state index < -0.39 is 0 Å². The van der Waals surface area contributed by atoms with Crippen LogP contribution < -0.4 is 4.74 Å². The van der Waals surface area contributed by atoms with Crippen molar-refractivity contribution in [2.45, 2.75) is 17.3 Å². The summed E-state index contributed by atoms with van der Waals surface area (Å²) >= 11 is 1.44. The molecular weight excluding hydrogens is 246 g/mol. The summed E-state index contributed by atoms with van der Waals surface area (Å²) in [7, 11) is 1.64. The van der Waals surface area contributed by atoms with Crippen LogP contribution in [0.1, 0.15) is 6.92 Å². The summed E-state index contributed by atoms with van der Waals surface area (Å²) in [5, 5.41) is 9.53. The number of imidazole rings is 1. The van der Waals surface area contributed by atoms with E-state index in [1.54, 1.807) is 13.3 Å². The van der Waals surface area contributed by atoms with Gasteiger partial charge in [-0.2, -0.15) is 5.26 Å². The van der Waals surface area contributed by atoms with E-state index >= 15 is 0 Å². The van der Waals surface area contributed by atoms with Gasteiger partial charge >= 0.3 is 0 Å². The van der Waals surface area contributed by atoms with Gasteiger partial charge in [0.15, 0.2) is 5.16 Å². The van der Waals surface area contributed by atoms with Gasteiger partial charge in [-0.3, -0.25) is 4.57 Å². The first-order chi connectivity index (χ1) is 8.74. The minimum Gasteiger partial charge on any atom is -0.497 e. The van der Waals surface area contributed by atoms with E-state index in [0.717, 1.165) is 16.6 Å². The lowest BCUT2D eigenvalue weighted by atomic mass is 10.3. The van der Waals surface area contributed by atoms with Crippen molar-refractivity contribution in [1.29, 1.82) is 5.26 Å². The predicted molar refractivity (Wildman–Crippen MR) is 71.0 cm³/mol. The Bertz CT molecular complexity index is 556. The third-order valence-electron chi connectivity index (χ3n) is 2.42. The number of rotatable bonds is 4. The maximum absolute atomic E-state index is 8.84. The standard InChI is InChI=1S/C13H13N3OS/c1-10(9-14)18-13-15-7-8-16(13)11-3-5-12(17-2)6-4-11/h3-8,10H,1-2H3/t10-/m1/s1. The second-order valence-corrected chi connectivity index (χ2v) is 4.97. The Morgan fingerprint density at radius 1 is 1.39 bits per heavy atom. The van der Waals surface area contributed by atoms with Crippen molar-refractivity contribution < 1.29 is 4.74 Å². The molecule has 1 aromatic heterocycles. The largest absolute Gasteiger partial charge is 0.497 e. The third-order valence-corrected chi connectivity index (χ3v) is 3.39. The molecule has 0 aliphatic carbocycles. The van der Waals surface area contributed by atoms with Crippen LogP contribution in [0.25, 0.3) is 5.69 Å². The number of nitriles is 1. The number of ether oxygens (including phenoxy) is 1. The van der Waals surface area contributed by atoms with Crippen LogP contribution in [0, 0.1) is 11.3 Å². The van der Waals surface area contributed by atoms with Crippen LogP contribution in [-0.2, 0) is 0 Å². The Morgan fingerprint density at radius 3 is 2.72 bits per heavy atom. The van der Waals surface area contributed by atoms with Gasteiger partial charge in [-0.1, -0.05) is 11.8 Å².